The largest absolute Gasteiger partial charge is 0.294 e. The molecule has 5 nitrogen and oxygen atoms in total. The molecule has 5 heteroatoms. The summed E-state index contributed by atoms with van der Waals surface area (Å²) in [5.74, 6) is 1.25. The molecule has 16 heavy (non-hydrogen) atoms. The number of nitrogens with one attached hydrogen (secondary N) is 1. The summed E-state index contributed by atoms with van der Waals surface area (Å²) in [5.41, 5.74) is 2.36. The van der Waals surface area contributed by atoms with Crippen molar-refractivity contribution in [1.29, 1.82) is 0 Å². The molecule has 0 saturated carbocycles. The van der Waals surface area contributed by atoms with Crippen molar-refractivity contribution in [2.45, 2.75) is 27.7 Å². The monoisotopic (exact) mass is 218 g/mol. The van der Waals surface area contributed by atoms with Gasteiger partial charge in [0, 0.05) is 23.0 Å². The van der Waals surface area contributed by atoms with Crippen LogP contribution < -0.4 is 5.56 Å². The Bertz CT molecular complexity index is 574. The molecule has 2 aromatic heterocycles. The van der Waals surface area contributed by atoms with E-state index in [2.05, 4.69) is 15.1 Å². The molecular formula is C11H14N4O. The molecular weight excluding hydrogens is 204 g/mol. The third-order valence-corrected chi connectivity index (χ3v) is 2.55. The molecule has 0 aliphatic carbocycles. The van der Waals surface area contributed by atoms with Gasteiger partial charge in [0.05, 0.1) is 0 Å². The van der Waals surface area contributed by atoms with Crippen molar-refractivity contribution in [3.05, 3.63) is 39.2 Å². The van der Waals surface area contributed by atoms with Crippen LogP contribution in [0.5, 0.6) is 0 Å². The highest BCUT2D eigenvalue weighted by Crippen LogP contribution is 2.05. The third-order valence-electron chi connectivity index (χ3n) is 2.55. The number of hydrogen-bond acceptors (Lipinski definition) is 3. The predicted molar refractivity (Wildman–Crippen MR) is 60.9 cm³/mol. The van der Waals surface area contributed by atoms with E-state index in [0.29, 0.717) is 17.2 Å². The molecule has 84 valence electrons. The summed E-state index contributed by atoms with van der Waals surface area (Å²) < 4.78 is 1.45. The maximum Gasteiger partial charge on any atom is 0.275 e. The number of rotatable bonds is 1. The Kier molecular flexibility index (Phi) is 2.38. The molecule has 0 bridgehead atoms. The molecule has 0 radical (unpaired) electrons. The zero-order valence-corrected chi connectivity index (χ0v) is 9.83. The quantitative estimate of drug-likeness (QED) is 0.782. The molecule has 0 unspecified atom stereocenters. The minimum atomic E-state index is -0.0602. The summed E-state index contributed by atoms with van der Waals surface area (Å²) in [6.45, 7) is 7.36. The van der Waals surface area contributed by atoms with Crippen LogP contribution in [-0.4, -0.2) is 19.7 Å². The van der Waals surface area contributed by atoms with Crippen LogP contribution in [0.25, 0.3) is 5.82 Å². The van der Waals surface area contributed by atoms with Gasteiger partial charge >= 0.3 is 0 Å². The maximum atomic E-state index is 11.9. The Morgan fingerprint density at radius 2 is 1.88 bits per heavy atom. The van der Waals surface area contributed by atoms with Crippen molar-refractivity contribution in [3.8, 4) is 5.82 Å². The van der Waals surface area contributed by atoms with Crippen LogP contribution in [0.4, 0.5) is 0 Å². The Hall–Kier alpha value is -1.91. The summed E-state index contributed by atoms with van der Waals surface area (Å²) in [6.07, 6.45) is 0. The molecule has 0 aliphatic heterocycles. The van der Waals surface area contributed by atoms with Gasteiger partial charge in [0.1, 0.15) is 5.82 Å². The van der Waals surface area contributed by atoms with Crippen LogP contribution in [-0.2, 0) is 0 Å². The maximum absolute atomic E-state index is 11.9. The van der Waals surface area contributed by atoms with Gasteiger partial charge in [-0.05, 0) is 27.7 Å². The van der Waals surface area contributed by atoms with Crippen LogP contribution in [0.2, 0.25) is 0 Å². The molecule has 0 aliphatic rings. The lowest BCUT2D eigenvalue weighted by Crippen LogP contribution is -2.17. The molecule has 0 saturated heterocycles. The lowest BCUT2D eigenvalue weighted by molar-refractivity contribution is 0.788. The Morgan fingerprint density at radius 1 is 1.19 bits per heavy atom. The Balaban J connectivity index is 2.67. The lowest BCUT2D eigenvalue weighted by Gasteiger charge is -2.02. The second-order valence-electron chi connectivity index (χ2n) is 3.92. The number of aryl methyl sites for hydroxylation is 3. The second-order valence-corrected chi connectivity index (χ2v) is 3.92. The van der Waals surface area contributed by atoms with E-state index in [-0.39, 0.29) is 5.56 Å². The minimum absolute atomic E-state index is 0.0602. The van der Waals surface area contributed by atoms with E-state index < -0.39 is 0 Å². The van der Waals surface area contributed by atoms with E-state index in [9.17, 15) is 4.79 Å². The average Bonchev–Trinajstić information content (AvgIpc) is 2.44. The summed E-state index contributed by atoms with van der Waals surface area (Å²) in [5, 5.41) is 3.00. The first-order chi connectivity index (χ1) is 7.49. The van der Waals surface area contributed by atoms with Gasteiger partial charge < -0.3 is 0 Å². The molecule has 2 aromatic rings. The fourth-order valence-corrected chi connectivity index (χ4v) is 1.60. The van der Waals surface area contributed by atoms with Crippen molar-refractivity contribution >= 4 is 0 Å². The standard InChI is InChI=1S/C11H14N4O/c1-6-5-10(13-9(4)12-6)15-11(16)7(2)8(3)14-15/h5,14H,1-4H3. The van der Waals surface area contributed by atoms with Crippen molar-refractivity contribution in [2.24, 2.45) is 0 Å². The van der Waals surface area contributed by atoms with Crippen LogP contribution in [0.3, 0.4) is 0 Å². The summed E-state index contributed by atoms with van der Waals surface area (Å²) in [7, 11) is 0. The molecule has 1 N–H and O–H groups in total. The normalized spacial score (nSPS) is 10.8. The van der Waals surface area contributed by atoms with Gasteiger partial charge in [0.15, 0.2) is 5.82 Å². The van der Waals surface area contributed by atoms with Crippen molar-refractivity contribution < 1.29 is 0 Å². The van der Waals surface area contributed by atoms with E-state index in [4.69, 9.17) is 0 Å². The van der Waals surface area contributed by atoms with Crippen molar-refractivity contribution in [3.63, 3.8) is 0 Å². The average molecular weight is 218 g/mol. The minimum Gasteiger partial charge on any atom is -0.294 e. The van der Waals surface area contributed by atoms with Gasteiger partial charge in [-0.15, -0.1) is 0 Å². The summed E-state index contributed by atoms with van der Waals surface area (Å²) in [4.78, 5) is 20.3. The van der Waals surface area contributed by atoms with Gasteiger partial charge in [-0.2, -0.15) is 0 Å². The number of aromatic amines is 1. The molecule has 0 spiro atoms. The highest BCUT2D eigenvalue weighted by molar-refractivity contribution is 5.27. The van der Waals surface area contributed by atoms with E-state index in [0.717, 1.165) is 11.4 Å². The van der Waals surface area contributed by atoms with Crippen LogP contribution in [0.1, 0.15) is 22.8 Å². The van der Waals surface area contributed by atoms with Crippen LogP contribution in [0.15, 0.2) is 10.9 Å². The third kappa shape index (κ3) is 1.64. The second kappa shape index (κ2) is 3.59. The predicted octanol–water partition coefficient (Wildman–Crippen LogP) is 1.19. The molecule has 0 atom stereocenters. The van der Waals surface area contributed by atoms with E-state index in [1.165, 1.54) is 4.68 Å². The SMILES string of the molecule is Cc1cc(-n2[nH]c(C)c(C)c2=O)nc(C)n1. The van der Waals surface area contributed by atoms with Gasteiger partial charge in [-0.3, -0.25) is 9.89 Å². The smallest absolute Gasteiger partial charge is 0.275 e. The first-order valence-electron chi connectivity index (χ1n) is 5.10. The fraction of sp³-hybridized carbons (Fsp3) is 0.364. The van der Waals surface area contributed by atoms with E-state index >= 15 is 0 Å². The van der Waals surface area contributed by atoms with Gasteiger partial charge in [-0.1, -0.05) is 0 Å². The van der Waals surface area contributed by atoms with Crippen molar-refractivity contribution in [2.75, 3.05) is 0 Å². The fourth-order valence-electron chi connectivity index (χ4n) is 1.60. The lowest BCUT2D eigenvalue weighted by atomic mass is 10.3. The first-order valence-corrected chi connectivity index (χ1v) is 5.10. The van der Waals surface area contributed by atoms with Crippen molar-refractivity contribution in [1.82, 2.24) is 19.7 Å². The number of hydrogen-bond donors (Lipinski definition) is 1. The first kappa shape index (κ1) is 10.6. The number of H-pyrrole nitrogens is 1. The molecule has 0 aromatic carbocycles. The van der Waals surface area contributed by atoms with Crippen LogP contribution >= 0.6 is 0 Å². The Labute approximate surface area is 93.2 Å². The zero-order chi connectivity index (χ0) is 11.9. The zero-order valence-electron chi connectivity index (χ0n) is 9.83. The summed E-state index contributed by atoms with van der Waals surface area (Å²) in [6, 6.07) is 1.78. The van der Waals surface area contributed by atoms with Crippen LogP contribution in [0, 0.1) is 27.7 Å². The van der Waals surface area contributed by atoms with Gasteiger partial charge in [0.25, 0.3) is 5.56 Å². The molecule has 0 amide bonds. The highest BCUT2D eigenvalue weighted by atomic mass is 16.1. The molecule has 2 heterocycles. The Morgan fingerprint density at radius 3 is 2.38 bits per heavy atom. The number of aromatic nitrogens is 4. The number of nitrogens with zero attached hydrogens (tertiary/aromatic N) is 3. The van der Waals surface area contributed by atoms with Gasteiger partial charge in [-0.25, -0.2) is 14.6 Å². The molecule has 0 fully saturated rings. The topological polar surface area (TPSA) is 63.6 Å². The van der Waals surface area contributed by atoms with E-state index in [1.807, 2.05) is 20.8 Å². The molecule has 2 rings (SSSR count). The highest BCUT2D eigenvalue weighted by Gasteiger charge is 2.09. The summed E-state index contributed by atoms with van der Waals surface area (Å²) >= 11 is 0. The van der Waals surface area contributed by atoms with E-state index in [1.54, 1.807) is 13.0 Å². The van der Waals surface area contributed by atoms with Gasteiger partial charge in [0.2, 0.25) is 0 Å².